The van der Waals surface area contributed by atoms with Crippen LogP contribution in [0.25, 0.3) is 0 Å². The minimum atomic E-state index is -0.390. The van der Waals surface area contributed by atoms with Crippen molar-refractivity contribution in [3.05, 3.63) is 0 Å². The van der Waals surface area contributed by atoms with Crippen LogP contribution in [-0.4, -0.2) is 43.5 Å². The standard InChI is InChI=1S/C9H19N3O/c1-7(10)9(13)11-5-8-3-4-12(2)6-8/h7-8H,3-6,10H2,1-2H3,(H,11,13)/t7-,8?/m0/s1. The zero-order chi connectivity index (χ0) is 9.84. The van der Waals surface area contributed by atoms with Crippen molar-refractivity contribution in [2.75, 3.05) is 26.7 Å². The van der Waals surface area contributed by atoms with Gasteiger partial charge in [0.2, 0.25) is 5.91 Å². The largest absolute Gasteiger partial charge is 0.354 e. The average molecular weight is 185 g/mol. The molecule has 4 heteroatoms. The fraction of sp³-hybridized carbons (Fsp3) is 0.889. The molecule has 0 spiro atoms. The number of nitrogens with two attached hydrogens (primary N) is 1. The van der Waals surface area contributed by atoms with Gasteiger partial charge in [0.25, 0.3) is 0 Å². The van der Waals surface area contributed by atoms with Gasteiger partial charge in [0.05, 0.1) is 6.04 Å². The third-order valence-electron chi connectivity index (χ3n) is 2.47. The van der Waals surface area contributed by atoms with Crippen molar-refractivity contribution in [3.63, 3.8) is 0 Å². The van der Waals surface area contributed by atoms with Gasteiger partial charge >= 0.3 is 0 Å². The number of carbonyl (C=O) groups is 1. The fourth-order valence-electron chi connectivity index (χ4n) is 1.60. The van der Waals surface area contributed by atoms with Crippen LogP contribution in [-0.2, 0) is 4.79 Å². The van der Waals surface area contributed by atoms with Gasteiger partial charge in [0.15, 0.2) is 0 Å². The molecule has 0 aromatic rings. The Hall–Kier alpha value is -0.610. The zero-order valence-corrected chi connectivity index (χ0v) is 8.42. The smallest absolute Gasteiger partial charge is 0.236 e. The first-order valence-electron chi connectivity index (χ1n) is 4.81. The summed E-state index contributed by atoms with van der Waals surface area (Å²) in [5.41, 5.74) is 5.43. The van der Waals surface area contributed by atoms with Crippen LogP contribution in [0.4, 0.5) is 0 Å². The first-order valence-corrected chi connectivity index (χ1v) is 4.81. The quantitative estimate of drug-likeness (QED) is 0.617. The summed E-state index contributed by atoms with van der Waals surface area (Å²) in [7, 11) is 2.10. The van der Waals surface area contributed by atoms with Crippen LogP contribution < -0.4 is 11.1 Å². The van der Waals surface area contributed by atoms with Gasteiger partial charge in [-0.1, -0.05) is 0 Å². The summed E-state index contributed by atoms with van der Waals surface area (Å²) in [6.07, 6.45) is 1.18. The van der Waals surface area contributed by atoms with Gasteiger partial charge in [-0.3, -0.25) is 4.79 Å². The molecule has 0 aliphatic carbocycles. The van der Waals surface area contributed by atoms with E-state index in [1.54, 1.807) is 6.92 Å². The Morgan fingerprint density at radius 1 is 1.77 bits per heavy atom. The van der Waals surface area contributed by atoms with E-state index in [0.29, 0.717) is 5.92 Å². The van der Waals surface area contributed by atoms with Crippen LogP contribution >= 0.6 is 0 Å². The van der Waals surface area contributed by atoms with E-state index in [0.717, 1.165) is 19.6 Å². The molecule has 2 atom stereocenters. The second-order valence-corrected chi connectivity index (χ2v) is 3.95. The molecule has 0 saturated carbocycles. The van der Waals surface area contributed by atoms with Crippen molar-refractivity contribution >= 4 is 5.91 Å². The van der Waals surface area contributed by atoms with Crippen molar-refractivity contribution in [1.29, 1.82) is 0 Å². The van der Waals surface area contributed by atoms with Crippen molar-refractivity contribution < 1.29 is 4.79 Å². The molecule has 1 saturated heterocycles. The van der Waals surface area contributed by atoms with E-state index in [-0.39, 0.29) is 11.9 Å². The van der Waals surface area contributed by atoms with Gasteiger partial charge in [0, 0.05) is 13.1 Å². The Morgan fingerprint density at radius 2 is 2.46 bits per heavy atom. The predicted molar refractivity (Wildman–Crippen MR) is 52.3 cm³/mol. The topological polar surface area (TPSA) is 58.4 Å². The molecule has 13 heavy (non-hydrogen) atoms. The molecule has 3 N–H and O–H groups in total. The molecule has 1 rings (SSSR count). The van der Waals surface area contributed by atoms with Gasteiger partial charge in [0.1, 0.15) is 0 Å². The Morgan fingerprint density at radius 3 is 2.92 bits per heavy atom. The van der Waals surface area contributed by atoms with Crippen LogP contribution in [0.2, 0.25) is 0 Å². The molecule has 0 aromatic heterocycles. The maximum Gasteiger partial charge on any atom is 0.236 e. The highest BCUT2D eigenvalue weighted by atomic mass is 16.2. The molecule has 1 unspecified atom stereocenters. The number of nitrogens with one attached hydrogen (secondary N) is 1. The third-order valence-corrected chi connectivity index (χ3v) is 2.47. The number of carbonyl (C=O) groups excluding carboxylic acids is 1. The normalized spacial score (nSPS) is 25.9. The maximum atomic E-state index is 11.1. The van der Waals surface area contributed by atoms with Gasteiger partial charge < -0.3 is 16.0 Å². The Labute approximate surface area is 79.5 Å². The van der Waals surface area contributed by atoms with E-state index in [1.807, 2.05) is 0 Å². The first-order chi connectivity index (χ1) is 6.09. The zero-order valence-electron chi connectivity index (χ0n) is 8.42. The SMILES string of the molecule is C[C@H](N)C(=O)NCC1CCN(C)C1. The third kappa shape index (κ3) is 3.32. The summed E-state index contributed by atoms with van der Waals surface area (Å²) in [6, 6.07) is -0.390. The molecule has 1 heterocycles. The highest BCUT2D eigenvalue weighted by molar-refractivity contribution is 5.80. The molecule has 0 radical (unpaired) electrons. The van der Waals surface area contributed by atoms with Crippen LogP contribution in [0.1, 0.15) is 13.3 Å². The minimum Gasteiger partial charge on any atom is -0.354 e. The molecule has 1 aliphatic heterocycles. The Bertz CT molecular complexity index is 182. The maximum absolute atomic E-state index is 11.1. The fourth-order valence-corrected chi connectivity index (χ4v) is 1.60. The Kier molecular flexibility index (Phi) is 3.69. The highest BCUT2D eigenvalue weighted by Crippen LogP contribution is 2.12. The summed E-state index contributed by atoms with van der Waals surface area (Å²) < 4.78 is 0. The molecular formula is C9H19N3O. The molecule has 1 aliphatic rings. The molecule has 0 bridgehead atoms. The lowest BCUT2D eigenvalue weighted by Gasteiger charge is -2.12. The average Bonchev–Trinajstić information content (AvgIpc) is 2.47. The molecule has 76 valence electrons. The number of rotatable bonds is 3. The lowest BCUT2D eigenvalue weighted by molar-refractivity contribution is -0.122. The van der Waals surface area contributed by atoms with Gasteiger partial charge in [-0.15, -0.1) is 0 Å². The second-order valence-electron chi connectivity index (χ2n) is 3.95. The van der Waals surface area contributed by atoms with E-state index in [1.165, 1.54) is 6.42 Å². The number of nitrogens with zero attached hydrogens (tertiary/aromatic N) is 1. The summed E-state index contributed by atoms with van der Waals surface area (Å²) >= 11 is 0. The van der Waals surface area contributed by atoms with E-state index in [4.69, 9.17) is 5.73 Å². The molecule has 1 fully saturated rings. The summed E-state index contributed by atoms with van der Waals surface area (Å²) in [6.45, 7) is 4.69. The van der Waals surface area contributed by atoms with E-state index >= 15 is 0 Å². The number of likely N-dealkylation sites (tertiary alicyclic amines) is 1. The predicted octanol–water partition coefficient (Wildman–Crippen LogP) is -0.598. The lowest BCUT2D eigenvalue weighted by Crippen LogP contribution is -2.40. The molecule has 0 aromatic carbocycles. The minimum absolute atomic E-state index is 0.0467. The van der Waals surface area contributed by atoms with Crippen LogP contribution in [0, 0.1) is 5.92 Å². The van der Waals surface area contributed by atoms with Gasteiger partial charge in [-0.25, -0.2) is 0 Å². The van der Waals surface area contributed by atoms with E-state index in [2.05, 4.69) is 17.3 Å². The van der Waals surface area contributed by atoms with Crippen LogP contribution in [0.3, 0.4) is 0 Å². The summed E-state index contributed by atoms with van der Waals surface area (Å²) in [5.74, 6) is 0.558. The van der Waals surface area contributed by atoms with Crippen molar-refractivity contribution in [2.24, 2.45) is 11.7 Å². The van der Waals surface area contributed by atoms with E-state index in [9.17, 15) is 4.79 Å². The van der Waals surface area contributed by atoms with Crippen LogP contribution in [0.5, 0.6) is 0 Å². The monoisotopic (exact) mass is 185 g/mol. The van der Waals surface area contributed by atoms with Crippen molar-refractivity contribution in [2.45, 2.75) is 19.4 Å². The van der Waals surface area contributed by atoms with Crippen LogP contribution in [0.15, 0.2) is 0 Å². The van der Waals surface area contributed by atoms with Gasteiger partial charge in [-0.05, 0) is 32.9 Å². The lowest BCUT2D eigenvalue weighted by atomic mass is 10.1. The summed E-state index contributed by atoms with van der Waals surface area (Å²) in [4.78, 5) is 13.4. The number of hydrogen-bond acceptors (Lipinski definition) is 3. The number of amides is 1. The Balaban J connectivity index is 2.16. The van der Waals surface area contributed by atoms with E-state index < -0.39 is 0 Å². The molecule has 4 nitrogen and oxygen atoms in total. The van der Waals surface area contributed by atoms with Crippen molar-refractivity contribution in [3.8, 4) is 0 Å². The summed E-state index contributed by atoms with van der Waals surface area (Å²) in [5, 5.41) is 2.85. The second kappa shape index (κ2) is 4.58. The van der Waals surface area contributed by atoms with Gasteiger partial charge in [-0.2, -0.15) is 0 Å². The molecule has 1 amide bonds. The number of hydrogen-bond donors (Lipinski definition) is 2. The first kappa shape index (κ1) is 10.5. The highest BCUT2D eigenvalue weighted by Gasteiger charge is 2.20. The van der Waals surface area contributed by atoms with Crippen molar-refractivity contribution in [1.82, 2.24) is 10.2 Å². The molecular weight excluding hydrogens is 166 g/mol.